The molecule has 0 aromatic carbocycles. The van der Waals surface area contributed by atoms with Crippen molar-refractivity contribution in [3.8, 4) is 0 Å². The first kappa shape index (κ1) is 12.8. The number of hydrogen-bond acceptors (Lipinski definition) is 4. The van der Waals surface area contributed by atoms with Crippen molar-refractivity contribution in [1.29, 1.82) is 0 Å². The summed E-state index contributed by atoms with van der Waals surface area (Å²) < 4.78 is 0. The Labute approximate surface area is 105 Å². The summed E-state index contributed by atoms with van der Waals surface area (Å²) in [5.41, 5.74) is 0.302. The van der Waals surface area contributed by atoms with Crippen LogP contribution in [0.15, 0.2) is 12.4 Å². The van der Waals surface area contributed by atoms with Crippen molar-refractivity contribution >= 4 is 11.9 Å². The van der Waals surface area contributed by atoms with E-state index in [0.29, 0.717) is 5.92 Å². The van der Waals surface area contributed by atoms with Crippen LogP contribution in [0, 0.1) is 0 Å². The van der Waals surface area contributed by atoms with Gasteiger partial charge in [0.25, 0.3) is 0 Å². The quantitative estimate of drug-likeness (QED) is 0.747. The van der Waals surface area contributed by atoms with Crippen molar-refractivity contribution in [2.45, 2.75) is 44.1 Å². The van der Waals surface area contributed by atoms with Crippen LogP contribution in [-0.4, -0.2) is 31.9 Å². The third-order valence-corrected chi connectivity index (χ3v) is 3.39. The highest BCUT2D eigenvalue weighted by Crippen LogP contribution is 2.36. The van der Waals surface area contributed by atoms with Gasteiger partial charge in [-0.2, -0.15) is 0 Å². The van der Waals surface area contributed by atoms with Crippen LogP contribution in [0.25, 0.3) is 0 Å². The second kappa shape index (κ2) is 4.89. The predicted octanol–water partition coefficient (Wildman–Crippen LogP) is 1.98. The standard InChI is InChI=1S/C12H17N3O3/c1-12(18)4-2-8(3-5-12)9-6-14-10(7-13-9)15-11(16)17/h6-8,18H,2-5H2,1H3,(H,14,15)(H,16,17)/t8-,12+. The molecule has 1 aliphatic rings. The highest BCUT2D eigenvalue weighted by atomic mass is 16.4. The Balaban J connectivity index is 2.00. The fourth-order valence-electron chi connectivity index (χ4n) is 2.26. The number of hydrogen-bond donors (Lipinski definition) is 3. The van der Waals surface area contributed by atoms with Crippen LogP contribution in [0.1, 0.15) is 44.2 Å². The van der Waals surface area contributed by atoms with Gasteiger partial charge in [-0.3, -0.25) is 10.3 Å². The molecule has 1 saturated carbocycles. The second-order valence-electron chi connectivity index (χ2n) is 5.03. The van der Waals surface area contributed by atoms with Crippen molar-refractivity contribution < 1.29 is 15.0 Å². The molecule has 18 heavy (non-hydrogen) atoms. The summed E-state index contributed by atoms with van der Waals surface area (Å²) in [5.74, 6) is 0.533. The average Bonchev–Trinajstić information content (AvgIpc) is 2.30. The lowest BCUT2D eigenvalue weighted by Gasteiger charge is -2.32. The highest BCUT2D eigenvalue weighted by Gasteiger charge is 2.30. The van der Waals surface area contributed by atoms with Crippen LogP contribution in [0.4, 0.5) is 10.6 Å². The molecule has 0 atom stereocenters. The zero-order chi connectivity index (χ0) is 13.2. The Hall–Kier alpha value is -1.69. The van der Waals surface area contributed by atoms with Crippen LogP contribution in [0.3, 0.4) is 0 Å². The number of aliphatic hydroxyl groups is 1. The van der Waals surface area contributed by atoms with Crippen LogP contribution in [0.5, 0.6) is 0 Å². The van der Waals surface area contributed by atoms with Crippen molar-refractivity contribution in [1.82, 2.24) is 9.97 Å². The minimum atomic E-state index is -1.15. The number of anilines is 1. The van der Waals surface area contributed by atoms with Crippen LogP contribution in [-0.2, 0) is 0 Å². The van der Waals surface area contributed by atoms with Gasteiger partial charge in [-0.1, -0.05) is 0 Å². The van der Waals surface area contributed by atoms with Gasteiger partial charge in [0.1, 0.15) is 0 Å². The Kier molecular flexibility index (Phi) is 3.47. The largest absolute Gasteiger partial charge is 0.465 e. The molecule has 0 saturated heterocycles. The third kappa shape index (κ3) is 3.16. The maximum Gasteiger partial charge on any atom is 0.410 e. The highest BCUT2D eigenvalue weighted by molar-refractivity contribution is 5.81. The fraction of sp³-hybridized carbons (Fsp3) is 0.583. The molecule has 0 spiro atoms. The molecule has 1 aromatic heterocycles. The predicted molar refractivity (Wildman–Crippen MR) is 65.5 cm³/mol. The van der Waals surface area contributed by atoms with Gasteiger partial charge in [-0.15, -0.1) is 0 Å². The van der Waals surface area contributed by atoms with E-state index in [4.69, 9.17) is 5.11 Å². The fourth-order valence-corrected chi connectivity index (χ4v) is 2.26. The first-order valence-electron chi connectivity index (χ1n) is 6.00. The summed E-state index contributed by atoms with van der Waals surface area (Å²) >= 11 is 0. The first-order valence-corrected chi connectivity index (χ1v) is 6.00. The van der Waals surface area contributed by atoms with E-state index < -0.39 is 11.7 Å². The van der Waals surface area contributed by atoms with Gasteiger partial charge in [-0.05, 0) is 32.6 Å². The van der Waals surface area contributed by atoms with Gasteiger partial charge >= 0.3 is 6.09 Å². The van der Waals surface area contributed by atoms with Crippen LogP contribution < -0.4 is 5.32 Å². The maximum atomic E-state index is 10.4. The third-order valence-electron chi connectivity index (χ3n) is 3.39. The van der Waals surface area contributed by atoms with Gasteiger partial charge in [-0.25, -0.2) is 9.78 Å². The molecule has 2 rings (SSSR count). The Morgan fingerprint density at radius 3 is 2.56 bits per heavy atom. The molecule has 1 heterocycles. The van der Waals surface area contributed by atoms with E-state index in [1.165, 1.54) is 6.20 Å². The minimum absolute atomic E-state index is 0.231. The first-order chi connectivity index (χ1) is 8.46. The maximum absolute atomic E-state index is 10.4. The number of carboxylic acid groups (broad SMARTS) is 1. The zero-order valence-electron chi connectivity index (χ0n) is 10.3. The lowest BCUT2D eigenvalue weighted by molar-refractivity contribution is 0.0168. The molecule has 98 valence electrons. The number of aromatic nitrogens is 2. The van der Waals surface area contributed by atoms with Crippen molar-refractivity contribution in [2.75, 3.05) is 5.32 Å². The van der Waals surface area contributed by atoms with Gasteiger partial charge in [0, 0.05) is 5.92 Å². The van der Waals surface area contributed by atoms with Crippen LogP contribution >= 0.6 is 0 Å². The number of nitrogens with one attached hydrogen (secondary N) is 1. The Morgan fingerprint density at radius 2 is 2.06 bits per heavy atom. The van der Waals surface area contributed by atoms with E-state index >= 15 is 0 Å². The smallest absolute Gasteiger partial charge is 0.410 e. The summed E-state index contributed by atoms with van der Waals surface area (Å²) in [4.78, 5) is 18.7. The molecule has 0 radical (unpaired) electrons. The zero-order valence-corrected chi connectivity index (χ0v) is 10.3. The van der Waals surface area contributed by atoms with Crippen LogP contribution in [0.2, 0.25) is 0 Å². The Bertz CT molecular complexity index is 421. The summed E-state index contributed by atoms with van der Waals surface area (Å²) in [6, 6.07) is 0. The molecule has 1 aromatic rings. The van der Waals surface area contributed by atoms with E-state index in [9.17, 15) is 9.90 Å². The number of carbonyl (C=O) groups is 1. The second-order valence-corrected chi connectivity index (χ2v) is 5.03. The molecule has 0 bridgehead atoms. The molecule has 0 aliphatic heterocycles. The van der Waals surface area contributed by atoms with Gasteiger partial charge < -0.3 is 10.2 Å². The van der Waals surface area contributed by atoms with E-state index in [1.54, 1.807) is 6.20 Å². The molecule has 0 unspecified atom stereocenters. The van der Waals surface area contributed by atoms with Crippen molar-refractivity contribution in [2.24, 2.45) is 0 Å². The van der Waals surface area contributed by atoms with E-state index in [0.717, 1.165) is 31.4 Å². The van der Waals surface area contributed by atoms with E-state index in [2.05, 4.69) is 15.3 Å². The van der Waals surface area contributed by atoms with E-state index in [1.807, 2.05) is 6.92 Å². The lowest BCUT2D eigenvalue weighted by atomic mass is 9.79. The lowest BCUT2D eigenvalue weighted by Crippen LogP contribution is -2.29. The minimum Gasteiger partial charge on any atom is -0.465 e. The topological polar surface area (TPSA) is 95.3 Å². The molecule has 3 N–H and O–H groups in total. The number of nitrogens with zero attached hydrogens (tertiary/aromatic N) is 2. The summed E-state index contributed by atoms with van der Waals surface area (Å²) in [6.45, 7) is 1.86. The summed E-state index contributed by atoms with van der Waals surface area (Å²) in [6.07, 6.45) is 5.17. The van der Waals surface area contributed by atoms with Gasteiger partial charge in [0.05, 0.1) is 23.7 Å². The van der Waals surface area contributed by atoms with Gasteiger partial charge in [0.15, 0.2) is 5.82 Å². The molecular weight excluding hydrogens is 234 g/mol. The molecule has 1 amide bonds. The number of rotatable bonds is 2. The average molecular weight is 251 g/mol. The molecule has 1 fully saturated rings. The SMILES string of the molecule is C[C@]1(O)CC[C@@H](c2cnc(NC(=O)O)cn2)CC1. The van der Waals surface area contributed by atoms with Crippen molar-refractivity contribution in [3.63, 3.8) is 0 Å². The number of amides is 1. The monoisotopic (exact) mass is 251 g/mol. The summed E-state index contributed by atoms with van der Waals surface area (Å²) in [5, 5.41) is 20.6. The molecule has 1 aliphatic carbocycles. The Morgan fingerprint density at radius 1 is 1.39 bits per heavy atom. The van der Waals surface area contributed by atoms with Crippen molar-refractivity contribution in [3.05, 3.63) is 18.1 Å². The van der Waals surface area contributed by atoms with E-state index in [-0.39, 0.29) is 5.82 Å². The summed E-state index contributed by atoms with van der Waals surface area (Å²) in [7, 11) is 0. The molecular formula is C12H17N3O3. The normalized spacial score (nSPS) is 27.8. The molecule has 6 nitrogen and oxygen atoms in total. The molecule has 6 heteroatoms. The van der Waals surface area contributed by atoms with Gasteiger partial charge in [0.2, 0.25) is 0 Å².